The summed E-state index contributed by atoms with van der Waals surface area (Å²) in [5.41, 5.74) is 4.28. The number of halogens is 3. The summed E-state index contributed by atoms with van der Waals surface area (Å²) >= 11 is 0. The Kier molecular flexibility index (Phi) is 5.44. The van der Waals surface area contributed by atoms with Crippen molar-refractivity contribution >= 4 is 21.6 Å². The van der Waals surface area contributed by atoms with Crippen molar-refractivity contribution in [3.63, 3.8) is 0 Å². The number of nitrogens with two attached hydrogens (primary N) is 1. The third-order valence-corrected chi connectivity index (χ3v) is 5.04. The number of morpholine rings is 1. The molecule has 1 aliphatic heterocycles. The van der Waals surface area contributed by atoms with Crippen molar-refractivity contribution in [2.24, 2.45) is 0 Å². The zero-order valence-corrected chi connectivity index (χ0v) is 15.7. The molecule has 1 atom stereocenters. The molecule has 1 aliphatic rings. The minimum Gasteiger partial charge on any atom is -0.384 e. The van der Waals surface area contributed by atoms with Crippen LogP contribution in [-0.2, 0) is 20.8 Å². The van der Waals surface area contributed by atoms with E-state index in [9.17, 15) is 21.6 Å². The summed E-state index contributed by atoms with van der Waals surface area (Å²) in [4.78, 5) is 13.8. The van der Waals surface area contributed by atoms with Gasteiger partial charge in [0.05, 0.1) is 29.7 Å². The molecule has 1 unspecified atom stereocenters. The number of sulfone groups is 1. The van der Waals surface area contributed by atoms with Gasteiger partial charge in [-0.3, -0.25) is 0 Å². The highest BCUT2D eigenvalue weighted by Crippen LogP contribution is 2.37. The molecule has 0 bridgehead atoms. The summed E-state index contributed by atoms with van der Waals surface area (Å²) < 4.78 is 68.5. The Bertz CT molecular complexity index is 968. The number of hydrogen-bond acceptors (Lipinski definition) is 8. The van der Waals surface area contributed by atoms with Gasteiger partial charge in [-0.15, -0.1) is 0 Å². The maximum atomic E-state index is 13.4. The summed E-state index contributed by atoms with van der Waals surface area (Å²) in [5.74, 6) is -0.227. The second-order valence-electron chi connectivity index (χ2n) is 6.43. The molecule has 2 N–H and O–H groups in total. The van der Waals surface area contributed by atoms with E-state index in [4.69, 9.17) is 10.5 Å². The van der Waals surface area contributed by atoms with Crippen molar-refractivity contribution in [1.29, 1.82) is 0 Å². The molecule has 0 spiro atoms. The predicted octanol–water partition coefficient (Wildman–Crippen LogP) is 1.39. The zero-order chi connectivity index (χ0) is 20.5. The Labute approximate surface area is 159 Å². The summed E-state index contributed by atoms with van der Waals surface area (Å²) in [5, 5.41) is 0. The van der Waals surface area contributed by atoms with Crippen LogP contribution in [0, 0.1) is 0 Å². The Morgan fingerprint density at radius 1 is 1.36 bits per heavy atom. The minimum atomic E-state index is -4.63. The van der Waals surface area contributed by atoms with Crippen LogP contribution in [0.15, 0.2) is 24.5 Å². The third-order valence-electron chi connectivity index (χ3n) is 4.06. The number of alkyl halides is 3. The number of pyridine rings is 1. The first-order chi connectivity index (χ1) is 13.0. The van der Waals surface area contributed by atoms with Crippen LogP contribution in [0.3, 0.4) is 0 Å². The third kappa shape index (κ3) is 4.87. The molecule has 0 radical (unpaired) electrons. The van der Waals surface area contributed by atoms with Gasteiger partial charge in [0.1, 0.15) is 15.7 Å². The standard InChI is InChI=1S/C16H18F3N5O3S/c1-28(25,26)9-10-8-24(4-5-27-10)15-21-3-2-13(23-15)11-7-22-14(20)6-12(11)16(17,18)19/h2-3,6-7,10H,4-5,8-9H2,1H3,(H2,20,22). The number of nitrogens with zero attached hydrogens (tertiary/aromatic N) is 4. The Morgan fingerprint density at radius 3 is 2.79 bits per heavy atom. The van der Waals surface area contributed by atoms with E-state index in [1.165, 1.54) is 12.3 Å². The number of anilines is 2. The molecule has 8 nitrogen and oxygen atoms in total. The van der Waals surface area contributed by atoms with Crippen LogP contribution in [0.5, 0.6) is 0 Å². The smallest absolute Gasteiger partial charge is 0.384 e. The number of aromatic nitrogens is 3. The van der Waals surface area contributed by atoms with E-state index in [1.54, 1.807) is 4.90 Å². The van der Waals surface area contributed by atoms with Crippen LogP contribution < -0.4 is 10.6 Å². The molecular weight excluding hydrogens is 399 g/mol. The number of nitrogen functional groups attached to an aromatic ring is 1. The molecule has 0 aliphatic carbocycles. The minimum absolute atomic E-state index is 0.0379. The van der Waals surface area contributed by atoms with E-state index in [-0.39, 0.29) is 41.9 Å². The van der Waals surface area contributed by atoms with Crippen LogP contribution in [-0.4, -0.2) is 61.2 Å². The molecule has 3 heterocycles. The van der Waals surface area contributed by atoms with Crippen molar-refractivity contribution in [1.82, 2.24) is 15.0 Å². The summed E-state index contributed by atoms with van der Waals surface area (Å²) in [6.07, 6.45) is -1.72. The van der Waals surface area contributed by atoms with Gasteiger partial charge in [0.2, 0.25) is 5.95 Å². The maximum Gasteiger partial charge on any atom is 0.417 e. The molecule has 0 saturated carbocycles. The first-order valence-corrected chi connectivity index (χ1v) is 10.3. The number of rotatable bonds is 4. The van der Waals surface area contributed by atoms with Crippen LogP contribution in [0.2, 0.25) is 0 Å². The van der Waals surface area contributed by atoms with Gasteiger partial charge in [-0.2, -0.15) is 13.2 Å². The van der Waals surface area contributed by atoms with Gasteiger partial charge in [0.15, 0.2) is 0 Å². The lowest BCUT2D eigenvalue weighted by Gasteiger charge is -2.32. The fraction of sp³-hybridized carbons (Fsp3) is 0.438. The molecule has 2 aromatic heterocycles. The molecular formula is C16H18F3N5O3S. The number of ether oxygens (including phenoxy) is 1. The van der Waals surface area contributed by atoms with E-state index >= 15 is 0 Å². The average molecular weight is 417 g/mol. The van der Waals surface area contributed by atoms with Gasteiger partial charge in [-0.05, 0) is 12.1 Å². The second-order valence-corrected chi connectivity index (χ2v) is 8.61. The molecule has 152 valence electrons. The highest BCUT2D eigenvalue weighted by molar-refractivity contribution is 7.90. The van der Waals surface area contributed by atoms with Gasteiger partial charge in [-0.25, -0.2) is 23.4 Å². The lowest BCUT2D eigenvalue weighted by Crippen LogP contribution is -2.46. The SMILES string of the molecule is CS(=O)(=O)CC1CN(c2nccc(-c3cnc(N)cc3C(F)(F)F)n2)CCO1. The van der Waals surface area contributed by atoms with Crippen molar-refractivity contribution in [2.45, 2.75) is 12.3 Å². The molecule has 2 aromatic rings. The first-order valence-electron chi connectivity index (χ1n) is 8.23. The quantitative estimate of drug-likeness (QED) is 0.795. The Balaban J connectivity index is 1.91. The summed E-state index contributed by atoms with van der Waals surface area (Å²) in [6, 6.07) is 2.11. The molecule has 28 heavy (non-hydrogen) atoms. The average Bonchev–Trinajstić information content (AvgIpc) is 2.60. The van der Waals surface area contributed by atoms with Gasteiger partial charge in [0.25, 0.3) is 0 Å². The van der Waals surface area contributed by atoms with Crippen molar-refractivity contribution in [3.8, 4) is 11.3 Å². The Morgan fingerprint density at radius 2 is 2.11 bits per heavy atom. The summed E-state index contributed by atoms with van der Waals surface area (Å²) in [7, 11) is -3.24. The first kappa shape index (κ1) is 20.3. The molecule has 1 saturated heterocycles. The fourth-order valence-electron chi connectivity index (χ4n) is 2.90. The van der Waals surface area contributed by atoms with Gasteiger partial charge in [0, 0.05) is 37.3 Å². The predicted molar refractivity (Wildman–Crippen MR) is 96.3 cm³/mol. The molecule has 12 heteroatoms. The molecule has 0 amide bonds. The maximum absolute atomic E-state index is 13.4. The van der Waals surface area contributed by atoms with Gasteiger partial charge >= 0.3 is 6.18 Å². The van der Waals surface area contributed by atoms with E-state index in [0.717, 1.165) is 18.5 Å². The highest BCUT2D eigenvalue weighted by atomic mass is 32.2. The zero-order valence-electron chi connectivity index (χ0n) is 14.8. The van der Waals surface area contributed by atoms with Crippen LogP contribution in [0.4, 0.5) is 24.9 Å². The van der Waals surface area contributed by atoms with Crippen molar-refractivity contribution in [2.75, 3.05) is 42.3 Å². The molecule has 0 aromatic carbocycles. The van der Waals surface area contributed by atoms with E-state index in [1.807, 2.05) is 0 Å². The van der Waals surface area contributed by atoms with Gasteiger partial charge in [-0.1, -0.05) is 0 Å². The molecule has 1 fully saturated rings. The van der Waals surface area contributed by atoms with Crippen molar-refractivity contribution < 1.29 is 26.3 Å². The molecule has 3 rings (SSSR count). The topological polar surface area (TPSA) is 111 Å². The highest BCUT2D eigenvalue weighted by Gasteiger charge is 2.35. The van der Waals surface area contributed by atoms with Crippen LogP contribution in [0.1, 0.15) is 5.56 Å². The summed E-state index contributed by atoms with van der Waals surface area (Å²) in [6.45, 7) is 0.851. The fourth-order valence-corrected chi connectivity index (χ4v) is 3.78. The van der Waals surface area contributed by atoms with E-state index in [2.05, 4.69) is 15.0 Å². The van der Waals surface area contributed by atoms with Crippen LogP contribution >= 0.6 is 0 Å². The van der Waals surface area contributed by atoms with E-state index < -0.39 is 27.7 Å². The largest absolute Gasteiger partial charge is 0.417 e. The normalized spacial score (nSPS) is 18.3. The number of hydrogen-bond donors (Lipinski definition) is 1. The lowest BCUT2D eigenvalue weighted by atomic mass is 10.1. The van der Waals surface area contributed by atoms with Crippen LogP contribution in [0.25, 0.3) is 11.3 Å². The van der Waals surface area contributed by atoms with E-state index in [0.29, 0.717) is 6.54 Å². The second kappa shape index (κ2) is 7.51. The van der Waals surface area contributed by atoms with Crippen molar-refractivity contribution in [3.05, 3.63) is 30.1 Å². The monoisotopic (exact) mass is 417 g/mol. The lowest BCUT2D eigenvalue weighted by molar-refractivity contribution is -0.137. The Hall–Kier alpha value is -2.47. The van der Waals surface area contributed by atoms with Gasteiger partial charge < -0.3 is 15.4 Å².